The molecule has 2 rings (SSSR count). The molecule has 1 unspecified atom stereocenters. The van der Waals surface area contributed by atoms with Crippen LogP contribution in [-0.4, -0.2) is 15.6 Å². The van der Waals surface area contributed by atoms with Gasteiger partial charge in [-0.3, -0.25) is 4.79 Å². The van der Waals surface area contributed by atoms with Crippen LogP contribution >= 0.6 is 11.3 Å². The first-order chi connectivity index (χ1) is 10.0. The number of hydrogen-bond acceptors (Lipinski definition) is 4. The molecule has 5 heteroatoms. The van der Waals surface area contributed by atoms with Gasteiger partial charge in [-0.1, -0.05) is 20.8 Å². The first-order valence-corrected chi connectivity index (χ1v) is 8.31. The average Bonchev–Trinajstić information content (AvgIpc) is 2.88. The molecule has 2 aromatic heterocycles. The quantitative estimate of drug-likeness (QED) is 0.882. The largest absolute Gasteiger partial charge is 0.359 e. The number of aromatic nitrogens is 2. The topological polar surface area (TPSA) is 46.9 Å². The van der Waals surface area contributed by atoms with Gasteiger partial charge in [-0.25, -0.2) is 4.98 Å². The second-order valence-corrected chi connectivity index (χ2v) is 6.62. The van der Waals surface area contributed by atoms with Gasteiger partial charge in [0, 0.05) is 24.2 Å². The molecule has 0 aromatic carbocycles. The molecule has 0 bridgehead atoms. The van der Waals surface area contributed by atoms with Crippen LogP contribution in [0.1, 0.15) is 34.1 Å². The van der Waals surface area contributed by atoms with Crippen molar-refractivity contribution in [2.45, 2.75) is 46.7 Å². The summed E-state index contributed by atoms with van der Waals surface area (Å²) >= 11 is 1.55. The molecule has 1 N–H and O–H groups in total. The third-order valence-electron chi connectivity index (χ3n) is 3.34. The van der Waals surface area contributed by atoms with Crippen molar-refractivity contribution in [1.29, 1.82) is 0 Å². The highest BCUT2D eigenvalue weighted by atomic mass is 32.1. The van der Waals surface area contributed by atoms with E-state index in [9.17, 15) is 4.79 Å². The first kappa shape index (κ1) is 15.8. The van der Waals surface area contributed by atoms with E-state index < -0.39 is 0 Å². The van der Waals surface area contributed by atoms with Gasteiger partial charge >= 0.3 is 0 Å². The Balaban J connectivity index is 2.28. The van der Waals surface area contributed by atoms with Crippen molar-refractivity contribution < 1.29 is 0 Å². The zero-order valence-corrected chi connectivity index (χ0v) is 13.9. The van der Waals surface area contributed by atoms with Crippen molar-refractivity contribution >= 4 is 16.5 Å². The number of nitrogens with one attached hydrogen (secondary N) is 1. The number of hydrogen-bond donors (Lipinski definition) is 1. The van der Waals surface area contributed by atoms with E-state index in [1.54, 1.807) is 15.9 Å². The summed E-state index contributed by atoms with van der Waals surface area (Å²) in [6, 6.07) is 4.15. The van der Waals surface area contributed by atoms with E-state index in [0.717, 1.165) is 23.8 Å². The van der Waals surface area contributed by atoms with E-state index in [0.29, 0.717) is 17.5 Å². The highest BCUT2D eigenvalue weighted by Crippen LogP contribution is 2.23. The lowest BCUT2D eigenvalue weighted by Gasteiger charge is -2.10. The summed E-state index contributed by atoms with van der Waals surface area (Å²) in [6.07, 6.45) is 2.89. The minimum Gasteiger partial charge on any atom is -0.359 e. The van der Waals surface area contributed by atoms with E-state index in [1.807, 2.05) is 23.7 Å². The summed E-state index contributed by atoms with van der Waals surface area (Å²) in [6.45, 7) is 9.20. The molecule has 0 spiro atoms. The molecular formula is C16H23N3OS. The van der Waals surface area contributed by atoms with Crippen LogP contribution in [0.15, 0.2) is 28.5 Å². The molecule has 2 heterocycles. The van der Waals surface area contributed by atoms with Gasteiger partial charge in [0.25, 0.3) is 5.56 Å². The van der Waals surface area contributed by atoms with Crippen LogP contribution in [0.4, 0.5) is 5.13 Å². The van der Waals surface area contributed by atoms with Crippen molar-refractivity contribution in [3.63, 3.8) is 0 Å². The molecule has 21 heavy (non-hydrogen) atoms. The molecular weight excluding hydrogens is 282 g/mol. The predicted molar refractivity (Wildman–Crippen MR) is 90.0 cm³/mol. The maximum absolute atomic E-state index is 12.5. The number of rotatable bonds is 6. The summed E-state index contributed by atoms with van der Waals surface area (Å²) in [5, 5.41) is 6.17. The number of pyridine rings is 1. The lowest BCUT2D eigenvalue weighted by atomic mass is 10.2. The first-order valence-electron chi connectivity index (χ1n) is 7.43. The van der Waals surface area contributed by atoms with Gasteiger partial charge in [-0.15, -0.1) is 11.3 Å². The number of anilines is 1. The molecule has 2 aromatic rings. The van der Waals surface area contributed by atoms with E-state index in [-0.39, 0.29) is 5.56 Å². The second-order valence-electron chi connectivity index (χ2n) is 5.76. The summed E-state index contributed by atoms with van der Waals surface area (Å²) in [5.41, 5.74) is 1.46. The van der Waals surface area contributed by atoms with Crippen molar-refractivity contribution in [2.75, 3.05) is 5.32 Å². The standard InChI is InChI=1S/C16H23N3OS/c1-5-12(4)17-16-18-14(10-21-16)13-7-6-8-19(15(13)20)9-11(2)3/h6-8,10-12H,5,9H2,1-4H3,(H,17,18). The van der Waals surface area contributed by atoms with Crippen LogP contribution in [0, 0.1) is 5.92 Å². The third kappa shape index (κ3) is 3.94. The molecule has 0 amide bonds. The van der Waals surface area contributed by atoms with Crippen molar-refractivity contribution in [3.05, 3.63) is 34.1 Å². The molecule has 4 nitrogen and oxygen atoms in total. The van der Waals surface area contributed by atoms with E-state index in [4.69, 9.17) is 0 Å². The Kier molecular flexibility index (Phi) is 5.17. The fourth-order valence-electron chi connectivity index (χ4n) is 2.05. The molecule has 0 fully saturated rings. The third-order valence-corrected chi connectivity index (χ3v) is 4.12. The molecule has 0 aliphatic rings. The number of nitrogens with zero attached hydrogens (tertiary/aromatic N) is 2. The minimum atomic E-state index is 0.0339. The van der Waals surface area contributed by atoms with Crippen LogP contribution in [0.2, 0.25) is 0 Å². The van der Waals surface area contributed by atoms with Gasteiger partial charge in [0.2, 0.25) is 0 Å². The van der Waals surface area contributed by atoms with Crippen LogP contribution in [0.25, 0.3) is 11.3 Å². The summed E-state index contributed by atoms with van der Waals surface area (Å²) in [5.74, 6) is 0.441. The molecule has 0 saturated carbocycles. The Morgan fingerprint density at radius 2 is 2.14 bits per heavy atom. The Bertz CT molecular complexity index is 645. The highest BCUT2D eigenvalue weighted by molar-refractivity contribution is 7.14. The second kappa shape index (κ2) is 6.89. The monoisotopic (exact) mass is 305 g/mol. The van der Waals surface area contributed by atoms with E-state index in [2.05, 4.69) is 38.0 Å². The van der Waals surface area contributed by atoms with Crippen molar-refractivity contribution in [2.24, 2.45) is 5.92 Å². The van der Waals surface area contributed by atoms with Gasteiger partial charge < -0.3 is 9.88 Å². The Hall–Kier alpha value is -1.62. The molecule has 114 valence electrons. The van der Waals surface area contributed by atoms with Crippen LogP contribution < -0.4 is 10.9 Å². The maximum Gasteiger partial charge on any atom is 0.260 e. The average molecular weight is 305 g/mol. The lowest BCUT2D eigenvalue weighted by molar-refractivity contribution is 0.511. The summed E-state index contributed by atoms with van der Waals surface area (Å²) in [4.78, 5) is 17.0. The minimum absolute atomic E-state index is 0.0339. The molecule has 0 radical (unpaired) electrons. The molecule has 0 aliphatic carbocycles. The van der Waals surface area contributed by atoms with E-state index >= 15 is 0 Å². The Morgan fingerprint density at radius 3 is 2.81 bits per heavy atom. The zero-order chi connectivity index (χ0) is 15.4. The molecule has 1 atom stereocenters. The fraction of sp³-hybridized carbons (Fsp3) is 0.500. The fourth-order valence-corrected chi connectivity index (χ4v) is 2.87. The Morgan fingerprint density at radius 1 is 1.38 bits per heavy atom. The van der Waals surface area contributed by atoms with Gasteiger partial charge in [-0.2, -0.15) is 0 Å². The van der Waals surface area contributed by atoms with Crippen LogP contribution in [-0.2, 0) is 6.54 Å². The smallest absolute Gasteiger partial charge is 0.260 e. The highest BCUT2D eigenvalue weighted by Gasteiger charge is 2.11. The SMILES string of the molecule is CCC(C)Nc1nc(-c2cccn(CC(C)C)c2=O)cs1. The van der Waals surface area contributed by atoms with Crippen molar-refractivity contribution in [1.82, 2.24) is 9.55 Å². The lowest BCUT2D eigenvalue weighted by Crippen LogP contribution is -2.23. The van der Waals surface area contributed by atoms with Gasteiger partial charge in [0.15, 0.2) is 5.13 Å². The van der Waals surface area contributed by atoms with E-state index in [1.165, 1.54) is 0 Å². The zero-order valence-electron chi connectivity index (χ0n) is 13.1. The number of thiazole rings is 1. The summed E-state index contributed by atoms with van der Waals surface area (Å²) < 4.78 is 1.76. The summed E-state index contributed by atoms with van der Waals surface area (Å²) in [7, 11) is 0. The molecule has 0 saturated heterocycles. The van der Waals surface area contributed by atoms with Gasteiger partial charge in [0.1, 0.15) is 0 Å². The van der Waals surface area contributed by atoms with Crippen LogP contribution in [0.5, 0.6) is 0 Å². The molecule has 0 aliphatic heterocycles. The normalized spacial score (nSPS) is 12.6. The van der Waals surface area contributed by atoms with Crippen molar-refractivity contribution in [3.8, 4) is 11.3 Å². The van der Waals surface area contributed by atoms with Crippen LogP contribution in [0.3, 0.4) is 0 Å². The maximum atomic E-state index is 12.5. The Labute approximate surface area is 129 Å². The van der Waals surface area contributed by atoms with Gasteiger partial charge in [-0.05, 0) is 31.4 Å². The predicted octanol–water partition coefficient (Wildman–Crippen LogP) is 3.84. The van der Waals surface area contributed by atoms with Gasteiger partial charge in [0.05, 0.1) is 11.3 Å².